The first kappa shape index (κ1) is 18.7. The molecule has 0 aliphatic heterocycles. The van der Waals surface area contributed by atoms with Crippen LogP contribution in [-0.4, -0.2) is 12.6 Å². The molecule has 0 saturated carbocycles. The summed E-state index contributed by atoms with van der Waals surface area (Å²) in [5.41, 5.74) is 5.55. The average molecular weight is 358 g/mol. The number of nitrogens with one attached hydrogen (secondary N) is 2. The van der Waals surface area contributed by atoms with Gasteiger partial charge in [-0.2, -0.15) is 0 Å². The van der Waals surface area contributed by atoms with E-state index in [4.69, 9.17) is 0 Å². The van der Waals surface area contributed by atoms with Gasteiger partial charge in [0, 0.05) is 18.2 Å². The van der Waals surface area contributed by atoms with Crippen molar-refractivity contribution in [2.75, 3.05) is 11.9 Å². The highest BCUT2D eigenvalue weighted by Crippen LogP contribution is 2.27. The molecule has 0 bridgehead atoms. The molecule has 27 heavy (non-hydrogen) atoms. The monoisotopic (exact) mass is 358 g/mol. The van der Waals surface area contributed by atoms with Crippen LogP contribution in [-0.2, 0) is 0 Å². The van der Waals surface area contributed by atoms with E-state index in [2.05, 4.69) is 59.2 Å². The van der Waals surface area contributed by atoms with E-state index in [1.807, 2.05) is 44.2 Å². The zero-order valence-corrected chi connectivity index (χ0v) is 15.9. The quantitative estimate of drug-likeness (QED) is 0.587. The minimum Gasteiger partial charge on any atom is -0.338 e. The van der Waals surface area contributed by atoms with E-state index in [-0.39, 0.29) is 11.9 Å². The fourth-order valence-corrected chi connectivity index (χ4v) is 3.40. The lowest BCUT2D eigenvalue weighted by Crippen LogP contribution is -2.31. The smallest absolute Gasteiger partial charge is 0.319 e. The number of carbonyl (C=O) groups is 1. The van der Waals surface area contributed by atoms with E-state index in [1.165, 1.54) is 11.1 Å². The molecule has 0 atom stereocenters. The third-order valence-corrected chi connectivity index (χ3v) is 4.84. The molecular weight excluding hydrogens is 332 g/mol. The minimum absolute atomic E-state index is 0.160. The second kappa shape index (κ2) is 9.04. The third-order valence-electron chi connectivity index (χ3n) is 4.84. The van der Waals surface area contributed by atoms with Gasteiger partial charge >= 0.3 is 6.03 Å². The van der Waals surface area contributed by atoms with Gasteiger partial charge in [-0.1, -0.05) is 78.9 Å². The number of carbonyl (C=O) groups excluding carboxylic acids is 1. The maximum atomic E-state index is 12.3. The summed E-state index contributed by atoms with van der Waals surface area (Å²) in [7, 11) is 0. The van der Waals surface area contributed by atoms with Crippen molar-refractivity contribution in [3.8, 4) is 0 Å². The molecule has 0 heterocycles. The number of amides is 2. The van der Waals surface area contributed by atoms with Crippen LogP contribution in [0.5, 0.6) is 0 Å². The van der Waals surface area contributed by atoms with E-state index < -0.39 is 0 Å². The molecule has 138 valence electrons. The van der Waals surface area contributed by atoms with Gasteiger partial charge in [0.15, 0.2) is 0 Å². The van der Waals surface area contributed by atoms with Crippen molar-refractivity contribution in [1.29, 1.82) is 0 Å². The van der Waals surface area contributed by atoms with Gasteiger partial charge in [0.2, 0.25) is 0 Å². The largest absolute Gasteiger partial charge is 0.338 e. The molecule has 0 aliphatic rings. The maximum absolute atomic E-state index is 12.3. The Morgan fingerprint density at radius 3 is 1.81 bits per heavy atom. The van der Waals surface area contributed by atoms with Crippen LogP contribution in [0.3, 0.4) is 0 Å². The standard InChI is InChI=1S/C24H26N2O/c1-18-10-9-11-19(2)23(18)26-24(27)25-17-16-22(20-12-5-3-6-13-20)21-14-7-4-8-15-21/h3-15,22H,16-17H2,1-2H3,(H2,25,26,27). The zero-order chi connectivity index (χ0) is 19.1. The van der Waals surface area contributed by atoms with Gasteiger partial charge in [0.05, 0.1) is 0 Å². The van der Waals surface area contributed by atoms with Crippen molar-refractivity contribution in [2.24, 2.45) is 0 Å². The number of hydrogen-bond acceptors (Lipinski definition) is 1. The third kappa shape index (κ3) is 4.98. The number of aryl methyl sites for hydroxylation is 2. The van der Waals surface area contributed by atoms with Crippen molar-refractivity contribution in [3.05, 3.63) is 101 Å². The number of para-hydroxylation sites is 1. The highest BCUT2D eigenvalue weighted by Gasteiger charge is 2.14. The van der Waals surface area contributed by atoms with Crippen molar-refractivity contribution in [2.45, 2.75) is 26.2 Å². The van der Waals surface area contributed by atoms with Gasteiger partial charge in [-0.25, -0.2) is 4.79 Å². The van der Waals surface area contributed by atoms with Crippen LogP contribution in [0.4, 0.5) is 10.5 Å². The van der Waals surface area contributed by atoms with Crippen LogP contribution in [0.1, 0.15) is 34.6 Å². The SMILES string of the molecule is Cc1cccc(C)c1NC(=O)NCCC(c1ccccc1)c1ccccc1. The number of urea groups is 1. The second-order valence-electron chi connectivity index (χ2n) is 6.81. The summed E-state index contributed by atoms with van der Waals surface area (Å²) in [5.74, 6) is 0.257. The van der Waals surface area contributed by atoms with Gasteiger partial charge in [0.1, 0.15) is 0 Å². The molecule has 3 aromatic rings. The van der Waals surface area contributed by atoms with Crippen molar-refractivity contribution in [3.63, 3.8) is 0 Å². The van der Waals surface area contributed by atoms with Crippen molar-refractivity contribution < 1.29 is 4.79 Å². The van der Waals surface area contributed by atoms with Gasteiger partial charge in [0.25, 0.3) is 0 Å². The molecule has 0 aliphatic carbocycles. The number of benzene rings is 3. The van der Waals surface area contributed by atoms with Crippen LogP contribution in [0.25, 0.3) is 0 Å². The summed E-state index contributed by atoms with van der Waals surface area (Å²) in [5, 5.41) is 5.99. The lowest BCUT2D eigenvalue weighted by molar-refractivity contribution is 0.252. The minimum atomic E-state index is -0.160. The summed E-state index contributed by atoms with van der Waals surface area (Å²) in [6, 6.07) is 26.7. The zero-order valence-electron chi connectivity index (χ0n) is 15.9. The molecular formula is C24H26N2O. The molecule has 3 heteroatoms. The molecule has 0 unspecified atom stereocenters. The molecule has 3 rings (SSSR count). The highest BCUT2D eigenvalue weighted by atomic mass is 16.2. The van der Waals surface area contributed by atoms with Crippen molar-refractivity contribution >= 4 is 11.7 Å². The van der Waals surface area contributed by atoms with E-state index in [1.54, 1.807) is 0 Å². The fourth-order valence-electron chi connectivity index (χ4n) is 3.40. The Hall–Kier alpha value is -3.07. The Balaban J connectivity index is 1.63. The topological polar surface area (TPSA) is 41.1 Å². The predicted molar refractivity (Wildman–Crippen MR) is 112 cm³/mol. The highest BCUT2D eigenvalue weighted by molar-refractivity contribution is 5.90. The van der Waals surface area contributed by atoms with E-state index >= 15 is 0 Å². The molecule has 0 fully saturated rings. The Kier molecular flexibility index (Phi) is 6.26. The summed E-state index contributed by atoms with van der Waals surface area (Å²) in [6.45, 7) is 4.61. The van der Waals surface area contributed by atoms with Crippen LogP contribution >= 0.6 is 0 Å². The fraction of sp³-hybridized carbons (Fsp3) is 0.208. The lowest BCUT2D eigenvalue weighted by Gasteiger charge is -2.19. The van der Waals surface area contributed by atoms with Gasteiger partial charge < -0.3 is 10.6 Å². The summed E-state index contributed by atoms with van der Waals surface area (Å²) < 4.78 is 0. The molecule has 0 aromatic heterocycles. The Labute approximate surface area is 161 Å². The Morgan fingerprint density at radius 2 is 1.30 bits per heavy atom. The summed E-state index contributed by atoms with van der Waals surface area (Å²) in [6.07, 6.45) is 0.841. The van der Waals surface area contributed by atoms with Crippen LogP contribution in [0, 0.1) is 13.8 Å². The van der Waals surface area contributed by atoms with Gasteiger partial charge in [-0.05, 0) is 42.5 Å². The van der Waals surface area contributed by atoms with E-state index in [0.717, 1.165) is 23.2 Å². The molecule has 2 amide bonds. The average Bonchev–Trinajstić information content (AvgIpc) is 2.69. The molecule has 3 aromatic carbocycles. The molecule has 2 N–H and O–H groups in total. The predicted octanol–water partition coefficient (Wildman–Crippen LogP) is 5.65. The van der Waals surface area contributed by atoms with Crippen LogP contribution in [0.15, 0.2) is 78.9 Å². The Morgan fingerprint density at radius 1 is 0.778 bits per heavy atom. The first-order valence-electron chi connectivity index (χ1n) is 9.36. The summed E-state index contributed by atoms with van der Waals surface area (Å²) in [4.78, 5) is 12.3. The second-order valence-corrected chi connectivity index (χ2v) is 6.81. The van der Waals surface area contributed by atoms with Gasteiger partial charge in [-0.3, -0.25) is 0 Å². The lowest BCUT2D eigenvalue weighted by atomic mass is 9.88. The number of rotatable bonds is 6. The van der Waals surface area contributed by atoms with Gasteiger partial charge in [-0.15, -0.1) is 0 Å². The molecule has 0 saturated heterocycles. The number of hydrogen-bond donors (Lipinski definition) is 2. The molecule has 3 nitrogen and oxygen atoms in total. The molecule has 0 spiro atoms. The van der Waals surface area contributed by atoms with Crippen LogP contribution in [0.2, 0.25) is 0 Å². The van der Waals surface area contributed by atoms with Crippen LogP contribution < -0.4 is 10.6 Å². The normalized spacial score (nSPS) is 10.6. The maximum Gasteiger partial charge on any atom is 0.319 e. The van der Waals surface area contributed by atoms with Crippen molar-refractivity contribution in [1.82, 2.24) is 5.32 Å². The number of anilines is 1. The molecule has 0 radical (unpaired) electrons. The Bertz CT molecular complexity index is 816. The summed E-state index contributed by atoms with van der Waals surface area (Å²) >= 11 is 0. The first-order chi connectivity index (χ1) is 13.1. The van der Waals surface area contributed by atoms with E-state index in [9.17, 15) is 4.79 Å². The first-order valence-corrected chi connectivity index (χ1v) is 9.36. The van der Waals surface area contributed by atoms with E-state index in [0.29, 0.717) is 6.54 Å².